The molecule has 1 aromatic rings. The third-order valence-corrected chi connectivity index (χ3v) is 1.72. The van der Waals surface area contributed by atoms with Crippen molar-refractivity contribution in [3.63, 3.8) is 0 Å². The van der Waals surface area contributed by atoms with Gasteiger partial charge < -0.3 is 4.74 Å². The van der Waals surface area contributed by atoms with Crippen LogP contribution in [0.4, 0.5) is 5.95 Å². The van der Waals surface area contributed by atoms with Crippen molar-refractivity contribution >= 4 is 23.5 Å². The fraction of sp³-hybridized carbons (Fsp3) is 0.500. The van der Waals surface area contributed by atoms with E-state index < -0.39 is 0 Å². The number of rotatable bonds is 3. The number of ether oxygens (including phenoxy) is 1. The van der Waals surface area contributed by atoms with E-state index in [9.17, 15) is 4.79 Å². The molecule has 5 nitrogen and oxygen atoms in total. The van der Waals surface area contributed by atoms with Crippen molar-refractivity contribution in [2.24, 2.45) is 0 Å². The van der Waals surface area contributed by atoms with Gasteiger partial charge in [-0.2, -0.15) is 0 Å². The standard InChI is InChI=1S/C10H14ClN3O2/c1-10(2,3)16-6-8(15)14-9-12-5-4-7(11)13-9/h4-5H,6H2,1-3H3,(H,12,13,14,15). The highest BCUT2D eigenvalue weighted by Crippen LogP contribution is 2.08. The summed E-state index contributed by atoms with van der Waals surface area (Å²) in [7, 11) is 0. The highest BCUT2D eigenvalue weighted by Gasteiger charge is 2.13. The number of carbonyl (C=O) groups excluding carboxylic acids is 1. The lowest BCUT2D eigenvalue weighted by molar-refractivity contribution is -0.125. The lowest BCUT2D eigenvalue weighted by Gasteiger charge is -2.18. The molecular formula is C10H14ClN3O2. The van der Waals surface area contributed by atoms with Gasteiger partial charge >= 0.3 is 0 Å². The van der Waals surface area contributed by atoms with E-state index in [1.54, 1.807) is 0 Å². The molecule has 1 rings (SSSR count). The second-order valence-electron chi connectivity index (χ2n) is 4.15. The Morgan fingerprint density at radius 3 is 2.81 bits per heavy atom. The Labute approximate surface area is 99.2 Å². The minimum atomic E-state index is -0.355. The van der Waals surface area contributed by atoms with Gasteiger partial charge in [0.1, 0.15) is 11.8 Å². The Morgan fingerprint density at radius 1 is 1.56 bits per heavy atom. The number of nitrogens with one attached hydrogen (secondary N) is 1. The van der Waals surface area contributed by atoms with Crippen LogP contribution in [-0.4, -0.2) is 28.1 Å². The number of carbonyl (C=O) groups is 1. The van der Waals surface area contributed by atoms with E-state index in [0.717, 1.165) is 0 Å². The smallest absolute Gasteiger partial charge is 0.252 e. The van der Waals surface area contributed by atoms with Crippen molar-refractivity contribution in [1.82, 2.24) is 9.97 Å². The van der Waals surface area contributed by atoms with Gasteiger partial charge in [-0.1, -0.05) is 11.6 Å². The first-order valence-corrected chi connectivity index (χ1v) is 5.17. The first kappa shape index (κ1) is 12.9. The summed E-state index contributed by atoms with van der Waals surface area (Å²) < 4.78 is 5.29. The van der Waals surface area contributed by atoms with Crippen molar-refractivity contribution in [1.29, 1.82) is 0 Å². The minimum absolute atomic E-state index is 0.0423. The summed E-state index contributed by atoms with van der Waals surface area (Å²) >= 11 is 5.64. The summed E-state index contributed by atoms with van der Waals surface area (Å²) in [5.74, 6) is -0.132. The molecule has 88 valence electrons. The van der Waals surface area contributed by atoms with E-state index in [2.05, 4.69) is 15.3 Å². The summed E-state index contributed by atoms with van der Waals surface area (Å²) in [5.41, 5.74) is -0.355. The third-order valence-electron chi connectivity index (χ3n) is 1.51. The molecule has 0 aliphatic rings. The molecule has 1 amide bonds. The molecule has 0 fully saturated rings. The molecule has 0 saturated heterocycles. The van der Waals surface area contributed by atoms with Crippen molar-refractivity contribution in [3.05, 3.63) is 17.4 Å². The molecule has 0 aliphatic heterocycles. The molecule has 0 unspecified atom stereocenters. The van der Waals surface area contributed by atoms with Crippen LogP contribution in [0.5, 0.6) is 0 Å². The number of aromatic nitrogens is 2. The second-order valence-corrected chi connectivity index (χ2v) is 4.54. The molecule has 6 heteroatoms. The summed E-state index contributed by atoms with van der Waals surface area (Å²) in [6, 6.07) is 1.53. The zero-order valence-electron chi connectivity index (χ0n) is 9.45. The summed E-state index contributed by atoms with van der Waals surface area (Å²) in [4.78, 5) is 19.1. The number of amides is 1. The molecule has 1 heterocycles. The molecule has 0 aromatic carbocycles. The molecule has 1 aromatic heterocycles. The fourth-order valence-electron chi connectivity index (χ4n) is 0.840. The van der Waals surface area contributed by atoms with E-state index in [0.29, 0.717) is 0 Å². The van der Waals surface area contributed by atoms with Crippen molar-refractivity contribution < 1.29 is 9.53 Å². The van der Waals surface area contributed by atoms with Gasteiger partial charge in [0, 0.05) is 6.20 Å². The van der Waals surface area contributed by atoms with Gasteiger partial charge in [0.15, 0.2) is 0 Å². The Morgan fingerprint density at radius 2 is 2.25 bits per heavy atom. The number of nitrogens with zero attached hydrogens (tertiary/aromatic N) is 2. The normalized spacial score (nSPS) is 11.2. The molecular weight excluding hydrogens is 230 g/mol. The van der Waals surface area contributed by atoms with Gasteiger partial charge in [-0.15, -0.1) is 0 Å². The van der Waals surface area contributed by atoms with E-state index in [-0.39, 0.29) is 29.2 Å². The van der Waals surface area contributed by atoms with Crippen LogP contribution in [0.2, 0.25) is 5.15 Å². The molecule has 0 aliphatic carbocycles. The zero-order chi connectivity index (χ0) is 12.2. The molecule has 1 N–H and O–H groups in total. The van der Waals surface area contributed by atoms with Crippen molar-refractivity contribution in [2.45, 2.75) is 26.4 Å². The largest absolute Gasteiger partial charge is 0.366 e. The first-order valence-electron chi connectivity index (χ1n) is 4.79. The van der Waals surface area contributed by atoms with E-state index in [1.807, 2.05) is 20.8 Å². The predicted molar refractivity (Wildman–Crippen MR) is 61.4 cm³/mol. The van der Waals surface area contributed by atoms with Crippen LogP contribution in [0.25, 0.3) is 0 Å². The van der Waals surface area contributed by atoms with Crippen molar-refractivity contribution in [3.8, 4) is 0 Å². The monoisotopic (exact) mass is 243 g/mol. The second kappa shape index (κ2) is 5.23. The predicted octanol–water partition coefficient (Wildman–Crippen LogP) is 1.88. The molecule has 0 bridgehead atoms. The minimum Gasteiger partial charge on any atom is -0.366 e. The SMILES string of the molecule is CC(C)(C)OCC(=O)Nc1nccc(Cl)n1. The molecule has 0 spiro atoms. The zero-order valence-corrected chi connectivity index (χ0v) is 10.2. The highest BCUT2D eigenvalue weighted by atomic mass is 35.5. The average molecular weight is 244 g/mol. The van der Waals surface area contributed by atoms with Gasteiger partial charge in [0.25, 0.3) is 5.91 Å². The summed E-state index contributed by atoms with van der Waals surface area (Å²) in [6.07, 6.45) is 1.47. The maximum atomic E-state index is 11.4. The fourth-order valence-corrected chi connectivity index (χ4v) is 0.976. The summed E-state index contributed by atoms with van der Waals surface area (Å²) in [6.45, 7) is 5.57. The third kappa shape index (κ3) is 5.04. The lowest BCUT2D eigenvalue weighted by atomic mass is 10.2. The van der Waals surface area contributed by atoms with Crippen LogP contribution in [0.1, 0.15) is 20.8 Å². The van der Waals surface area contributed by atoms with E-state index >= 15 is 0 Å². The molecule has 16 heavy (non-hydrogen) atoms. The van der Waals surface area contributed by atoms with Gasteiger partial charge in [0.05, 0.1) is 5.60 Å². The Balaban J connectivity index is 2.46. The van der Waals surface area contributed by atoms with Gasteiger partial charge in [-0.05, 0) is 26.8 Å². The molecule has 0 radical (unpaired) electrons. The van der Waals surface area contributed by atoms with Crippen LogP contribution in [0.3, 0.4) is 0 Å². The average Bonchev–Trinajstić information content (AvgIpc) is 2.14. The number of halogens is 1. The van der Waals surface area contributed by atoms with Gasteiger partial charge in [-0.3, -0.25) is 10.1 Å². The maximum Gasteiger partial charge on any atom is 0.252 e. The Kier molecular flexibility index (Phi) is 4.20. The highest BCUT2D eigenvalue weighted by molar-refractivity contribution is 6.29. The van der Waals surface area contributed by atoms with Crippen LogP contribution < -0.4 is 5.32 Å². The van der Waals surface area contributed by atoms with Gasteiger partial charge in [-0.25, -0.2) is 9.97 Å². The number of anilines is 1. The van der Waals surface area contributed by atoms with Crippen LogP contribution in [0.15, 0.2) is 12.3 Å². The van der Waals surface area contributed by atoms with Crippen LogP contribution in [-0.2, 0) is 9.53 Å². The Hall–Kier alpha value is -1.20. The summed E-state index contributed by atoms with van der Waals surface area (Å²) in [5, 5.41) is 2.76. The van der Waals surface area contributed by atoms with E-state index in [4.69, 9.17) is 16.3 Å². The first-order chi connectivity index (χ1) is 7.37. The molecule has 0 saturated carbocycles. The number of hydrogen-bond acceptors (Lipinski definition) is 4. The quantitative estimate of drug-likeness (QED) is 0.824. The van der Waals surface area contributed by atoms with Crippen molar-refractivity contribution in [2.75, 3.05) is 11.9 Å². The maximum absolute atomic E-state index is 11.4. The molecule has 0 atom stereocenters. The van der Waals surface area contributed by atoms with Crippen LogP contribution >= 0.6 is 11.6 Å². The van der Waals surface area contributed by atoms with Crippen LogP contribution in [0, 0.1) is 0 Å². The number of hydrogen-bond donors (Lipinski definition) is 1. The van der Waals surface area contributed by atoms with Gasteiger partial charge in [0.2, 0.25) is 5.95 Å². The lowest BCUT2D eigenvalue weighted by Crippen LogP contribution is -2.27. The Bertz CT molecular complexity index is 377. The topological polar surface area (TPSA) is 64.1 Å². The van der Waals surface area contributed by atoms with E-state index in [1.165, 1.54) is 12.3 Å².